The molecule has 98 valence electrons. The predicted octanol–water partition coefficient (Wildman–Crippen LogP) is 2.66. The molecule has 0 unspecified atom stereocenters. The highest BCUT2D eigenvalue weighted by molar-refractivity contribution is 6.00. The van der Waals surface area contributed by atoms with Crippen LogP contribution in [0.4, 0.5) is 0 Å². The Morgan fingerprint density at radius 2 is 1.80 bits per heavy atom. The Morgan fingerprint density at radius 1 is 0.950 bits per heavy atom. The van der Waals surface area contributed by atoms with Crippen LogP contribution in [0.3, 0.4) is 0 Å². The molecule has 0 bridgehead atoms. The molecule has 0 atom stereocenters. The second-order valence-corrected chi connectivity index (χ2v) is 4.78. The number of para-hydroxylation sites is 1. The van der Waals surface area contributed by atoms with E-state index in [1.165, 1.54) is 0 Å². The lowest BCUT2D eigenvalue weighted by atomic mass is 9.97. The second kappa shape index (κ2) is 3.93. The molecule has 0 fully saturated rings. The third-order valence-electron chi connectivity index (χ3n) is 3.66. The van der Waals surface area contributed by atoms with Gasteiger partial charge in [-0.15, -0.1) is 0 Å². The number of benzene rings is 2. The lowest BCUT2D eigenvalue weighted by molar-refractivity contribution is 0.0481. The molecule has 20 heavy (non-hydrogen) atoms. The van der Waals surface area contributed by atoms with E-state index in [1.807, 2.05) is 6.07 Å². The molecule has 4 nitrogen and oxygen atoms in total. The average Bonchev–Trinajstić information content (AvgIpc) is 2.47. The molecule has 0 aliphatic carbocycles. The van der Waals surface area contributed by atoms with Crippen LogP contribution in [0, 0.1) is 0 Å². The minimum Gasteiger partial charge on any atom is -0.462 e. The van der Waals surface area contributed by atoms with Crippen molar-refractivity contribution in [3.05, 3.63) is 57.7 Å². The molecule has 2 aromatic carbocycles. The van der Waals surface area contributed by atoms with Crippen molar-refractivity contribution in [2.24, 2.45) is 0 Å². The van der Waals surface area contributed by atoms with E-state index in [1.54, 1.807) is 30.3 Å². The van der Waals surface area contributed by atoms with Crippen LogP contribution in [0.15, 0.2) is 45.6 Å². The molecular weight excluding hydrogens is 256 g/mol. The van der Waals surface area contributed by atoms with Gasteiger partial charge in [-0.2, -0.15) is 0 Å². The van der Waals surface area contributed by atoms with Crippen molar-refractivity contribution in [2.75, 3.05) is 6.61 Å². The molecule has 0 saturated carbocycles. The maximum Gasteiger partial charge on any atom is 0.338 e. The first kappa shape index (κ1) is 11.2. The van der Waals surface area contributed by atoms with Gasteiger partial charge in [-0.05, 0) is 29.8 Å². The largest absolute Gasteiger partial charge is 0.462 e. The first-order valence-electron chi connectivity index (χ1n) is 6.40. The summed E-state index contributed by atoms with van der Waals surface area (Å²) >= 11 is 0. The van der Waals surface area contributed by atoms with Crippen LogP contribution < -0.4 is 5.43 Å². The summed E-state index contributed by atoms with van der Waals surface area (Å²) in [5.74, 6) is -0.374. The number of hydrogen-bond acceptors (Lipinski definition) is 4. The summed E-state index contributed by atoms with van der Waals surface area (Å²) in [4.78, 5) is 24.4. The minimum absolute atomic E-state index is 0.0894. The third-order valence-corrected chi connectivity index (χ3v) is 3.66. The summed E-state index contributed by atoms with van der Waals surface area (Å²) in [5.41, 5.74) is 2.18. The van der Waals surface area contributed by atoms with Gasteiger partial charge in [0, 0.05) is 6.42 Å². The van der Waals surface area contributed by atoms with Crippen LogP contribution in [0.25, 0.3) is 21.9 Å². The fourth-order valence-corrected chi connectivity index (χ4v) is 2.73. The van der Waals surface area contributed by atoms with E-state index in [4.69, 9.17) is 9.15 Å². The minimum atomic E-state index is -0.374. The second-order valence-electron chi connectivity index (χ2n) is 4.78. The Morgan fingerprint density at radius 3 is 2.70 bits per heavy atom. The number of carbonyl (C=O) groups excluding carboxylic acids is 1. The van der Waals surface area contributed by atoms with Gasteiger partial charge in [0.05, 0.1) is 22.9 Å². The lowest BCUT2D eigenvalue weighted by Crippen LogP contribution is -2.20. The highest BCUT2D eigenvalue weighted by Gasteiger charge is 2.23. The molecule has 0 amide bonds. The van der Waals surface area contributed by atoms with Crippen molar-refractivity contribution in [3.8, 4) is 0 Å². The first-order chi connectivity index (χ1) is 9.75. The summed E-state index contributed by atoms with van der Waals surface area (Å²) in [5, 5.41) is 1.03. The van der Waals surface area contributed by atoms with Gasteiger partial charge in [0.1, 0.15) is 11.2 Å². The Hall–Kier alpha value is -2.62. The maximum atomic E-state index is 12.7. The lowest BCUT2D eigenvalue weighted by Gasteiger charge is -2.17. The van der Waals surface area contributed by atoms with E-state index in [0.717, 1.165) is 5.56 Å². The monoisotopic (exact) mass is 266 g/mol. The van der Waals surface area contributed by atoms with Crippen molar-refractivity contribution >= 4 is 27.9 Å². The van der Waals surface area contributed by atoms with Crippen LogP contribution in [-0.2, 0) is 11.2 Å². The van der Waals surface area contributed by atoms with Crippen LogP contribution in [0.5, 0.6) is 0 Å². The molecule has 4 heteroatoms. The van der Waals surface area contributed by atoms with Crippen molar-refractivity contribution in [1.82, 2.24) is 0 Å². The third kappa shape index (κ3) is 1.42. The van der Waals surface area contributed by atoms with Gasteiger partial charge in [0.2, 0.25) is 5.43 Å². The molecule has 0 saturated heterocycles. The summed E-state index contributed by atoms with van der Waals surface area (Å²) in [6, 6.07) is 10.5. The number of esters is 1. The van der Waals surface area contributed by atoms with Crippen LogP contribution >= 0.6 is 0 Å². The molecule has 1 aromatic heterocycles. The molecule has 2 heterocycles. The van der Waals surface area contributed by atoms with Crippen molar-refractivity contribution in [2.45, 2.75) is 6.42 Å². The standard InChI is InChI=1S/C16H10O4/c17-15-11-3-1-2-4-12(11)20-13-6-5-10-9(14(13)15)7-8-19-16(10)18/h1-6H,7-8H2. The van der Waals surface area contributed by atoms with Gasteiger partial charge in [-0.3, -0.25) is 4.79 Å². The van der Waals surface area contributed by atoms with Gasteiger partial charge >= 0.3 is 5.97 Å². The van der Waals surface area contributed by atoms with E-state index in [0.29, 0.717) is 40.5 Å². The van der Waals surface area contributed by atoms with E-state index >= 15 is 0 Å². The van der Waals surface area contributed by atoms with E-state index in [9.17, 15) is 9.59 Å². The number of carbonyl (C=O) groups is 1. The Labute approximate surface area is 113 Å². The number of cyclic esters (lactones) is 1. The van der Waals surface area contributed by atoms with Crippen molar-refractivity contribution in [1.29, 1.82) is 0 Å². The zero-order valence-corrected chi connectivity index (χ0v) is 10.5. The van der Waals surface area contributed by atoms with Crippen LogP contribution in [-0.4, -0.2) is 12.6 Å². The van der Waals surface area contributed by atoms with Crippen molar-refractivity contribution < 1.29 is 13.9 Å². The molecule has 3 aromatic rings. The number of rotatable bonds is 0. The van der Waals surface area contributed by atoms with Gasteiger partial charge in [0.25, 0.3) is 0 Å². The Kier molecular flexibility index (Phi) is 2.21. The normalized spacial score (nSPS) is 14.3. The molecule has 0 radical (unpaired) electrons. The molecule has 4 rings (SSSR count). The van der Waals surface area contributed by atoms with Gasteiger partial charge in [0.15, 0.2) is 0 Å². The highest BCUT2D eigenvalue weighted by Crippen LogP contribution is 2.26. The smallest absolute Gasteiger partial charge is 0.338 e. The summed E-state index contributed by atoms with van der Waals surface area (Å²) in [6.07, 6.45) is 0.543. The summed E-state index contributed by atoms with van der Waals surface area (Å²) in [7, 11) is 0. The van der Waals surface area contributed by atoms with Crippen LogP contribution in [0.2, 0.25) is 0 Å². The Bertz CT molecular complexity index is 921. The molecule has 1 aliphatic heterocycles. The topological polar surface area (TPSA) is 56.5 Å². The zero-order chi connectivity index (χ0) is 13.7. The highest BCUT2D eigenvalue weighted by atomic mass is 16.5. The maximum absolute atomic E-state index is 12.7. The Balaban J connectivity index is 2.23. The molecule has 0 spiro atoms. The number of hydrogen-bond donors (Lipinski definition) is 0. The molecule has 0 N–H and O–H groups in total. The van der Waals surface area contributed by atoms with Crippen molar-refractivity contribution in [3.63, 3.8) is 0 Å². The summed E-state index contributed by atoms with van der Waals surface area (Å²) in [6.45, 7) is 0.303. The van der Waals surface area contributed by atoms with E-state index in [2.05, 4.69) is 0 Å². The van der Waals surface area contributed by atoms with E-state index < -0.39 is 0 Å². The van der Waals surface area contributed by atoms with Gasteiger partial charge in [-0.25, -0.2) is 4.79 Å². The first-order valence-corrected chi connectivity index (χ1v) is 6.40. The SMILES string of the molecule is O=C1OCCc2c1ccc1oc3ccccc3c(=O)c21. The fraction of sp³-hybridized carbons (Fsp3) is 0.125. The number of fused-ring (bicyclic) bond motifs is 4. The summed E-state index contributed by atoms with van der Waals surface area (Å²) < 4.78 is 10.8. The fourth-order valence-electron chi connectivity index (χ4n) is 2.73. The average molecular weight is 266 g/mol. The van der Waals surface area contributed by atoms with E-state index in [-0.39, 0.29) is 11.4 Å². The quantitative estimate of drug-likeness (QED) is 0.463. The molecular formula is C16H10O4. The zero-order valence-electron chi connectivity index (χ0n) is 10.5. The van der Waals surface area contributed by atoms with Gasteiger partial charge in [-0.1, -0.05) is 12.1 Å². The van der Waals surface area contributed by atoms with Crippen LogP contribution in [0.1, 0.15) is 15.9 Å². The van der Waals surface area contributed by atoms with Gasteiger partial charge < -0.3 is 9.15 Å². The predicted molar refractivity (Wildman–Crippen MR) is 74.0 cm³/mol. The molecule has 1 aliphatic rings. The number of ether oxygens (including phenoxy) is 1.